The van der Waals surface area contributed by atoms with Gasteiger partial charge in [-0.1, -0.05) is 48.5 Å². The monoisotopic (exact) mass is 669 g/mol. The van der Waals surface area contributed by atoms with E-state index in [-0.39, 0.29) is 0 Å². The van der Waals surface area contributed by atoms with E-state index in [1.54, 1.807) is 22.7 Å². The summed E-state index contributed by atoms with van der Waals surface area (Å²) in [7, 11) is 0. The Morgan fingerprint density at radius 1 is 0.340 bits per heavy atom. The summed E-state index contributed by atoms with van der Waals surface area (Å²) >= 11 is 3.48. The molecule has 7 aromatic carbocycles. The molecule has 0 aliphatic heterocycles. The van der Waals surface area contributed by atoms with Crippen molar-refractivity contribution in [2.75, 3.05) is 0 Å². The average Bonchev–Trinajstić information content (AvgIpc) is 3.74. The lowest BCUT2D eigenvalue weighted by Crippen LogP contribution is -1.88. The van der Waals surface area contributed by atoms with Crippen LogP contribution in [0.15, 0.2) is 140 Å². The number of rotatable bonds is 4. The van der Waals surface area contributed by atoms with Gasteiger partial charge in [-0.3, -0.25) is 0 Å². The van der Waals surface area contributed by atoms with E-state index in [0.29, 0.717) is 16.7 Å². The van der Waals surface area contributed by atoms with Crippen LogP contribution in [0.25, 0.3) is 84.9 Å². The molecule has 0 atom stereocenters. The summed E-state index contributed by atoms with van der Waals surface area (Å²) in [5.74, 6) is 0. The van der Waals surface area contributed by atoms with E-state index in [1.165, 1.54) is 9.40 Å². The summed E-state index contributed by atoms with van der Waals surface area (Å²) in [5.41, 5.74) is 10.3. The van der Waals surface area contributed by atoms with Crippen molar-refractivity contribution in [2.45, 2.75) is 0 Å². The summed E-state index contributed by atoms with van der Waals surface area (Å²) in [5, 5.41) is 33.5. The standard InChI is InChI=1S/C45H23N3S2/c46-24-27-8-12-42-38(16-27)40-22-30(10-14-44(40)49-42)35-19-34(29-5-3-6-32(18-29)37-7-2-1-4-33(37)26-48)20-36(21-35)31-11-15-45-41(23-31)39-17-28(25-47)9-13-43(39)50-45/h1-23H. The smallest absolute Gasteiger partial charge is 0.0998 e. The molecule has 9 aromatic rings. The second-order valence-corrected chi connectivity index (χ2v) is 14.5. The topological polar surface area (TPSA) is 71.4 Å². The van der Waals surface area contributed by atoms with Crippen LogP contribution in [0, 0.1) is 34.0 Å². The molecule has 230 valence electrons. The van der Waals surface area contributed by atoms with Crippen molar-refractivity contribution in [3.05, 3.63) is 156 Å². The number of hydrogen-bond donors (Lipinski definition) is 0. The van der Waals surface area contributed by atoms with E-state index >= 15 is 0 Å². The predicted octanol–water partition coefficient (Wildman–Crippen LogP) is 12.7. The molecule has 50 heavy (non-hydrogen) atoms. The first-order valence-electron chi connectivity index (χ1n) is 16.1. The third kappa shape index (κ3) is 5.00. The van der Waals surface area contributed by atoms with Gasteiger partial charge in [0.2, 0.25) is 0 Å². The van der Waals surface area contributed by atoms with Crippen LogP contribution in [-0.4, -0.2) is 0 Å². The van der Waals surface area contributed by atoms with Gasteiger partial charge in [-0.25, -0.2) is 0 Å². The highest BCUT2D eigenvalue weighted by Gasteiger charge is 2.14. The zero-order valence-corrected chi connectivity index (χ0v) is 28.1. The molecule has 0 bridgehead atoms. The number of fused-ring (bicyclic) bond motifs is 6. The predicted molar refractivity (Wildman–Crippen MR) is 208 cm³/mol. The van der Waals surface area contributed by atoms with Gasteiger partial charge >= 0.3 is 0 Å². The van der Waals surface area contributed by atoms with Crippen LogP contribution in [0.1, 0.15) is 16.7 Å². The van der Waals surface area contributed by atoms with Crippen LogP contribution in [0.4, 0.5) is 0 Å². The van der Waals surface area contributed by atoms with Crippen molar-refractivity contribution in [1.29, 1.82) is 15.8 Å². The fraction of sp³-hybridized carbons (Fsp3) is 0. The van der Waals surface area contributed by atoms with E-state index in [1.807, 2.05) is 60.7 Å². The quantitative estimate of drug-likeness (QED) is 0.187. The largest absolute Gasteiger partial charge is 0.192 e. The molecule has 0 radical (unpaired) electrons. The second kappa shape index (κ2) is 11.9. The van der Waals surface area contributed by atoms with Crippen molar-refractivity contribution in [3.8, 4) is 62.7 Å². The third-order valence-corrected chi connectivity index (χ3v) is 11.7. The van der Waals surface area contributed by atoms with Crippen LogP contribution in [0.2, 0.25) is 0 Å². The Morgan fingerprint density at radius 3 is 1.30 bits per heavy atom. The Bertz CT molecular complexity index is 2830. The summed E-state index contributed by atoms with van der Waals surface area (Å²) in [6.07, 6.45) is 0. The lowest BCUT2D eigenvalue weighted by molar-refractivity contribution is 1.48. The van der Waals surface area contributed by atoms with E-state index in [4.69, 9.17) is 0 Å². The lowest BCUT2D eigenvalue weighted by atomic mass is 9.91. The molecule has 0 saturated heterocycles. The van der Waals surface area contributed by atoms with E-state index in [2.05, 4.69) is 97.1 Å². The maximum Gasteiger partial charge on any atom is 0.0998 e. The number of hydrogen-bond acceptors (Lipinski definition) is 5. The van der Waals surface area contributed by atoms with E-state index in [0.717, 1.165) is 75.5 Å². The molecule has 0 fully saturated rings. The Labute approximate surface area is 296 Å². The molecule has 2 aromatic heterocycles. The van der Waals surface area contributed by atoms with Gasteiger partial charge in [0, 0.05) is 40.3 Å². The first-order valence-corrected chi connectivity index (χ1v) is 17.7. The molecule has 0 amide bonds. The highest BCUT2D eigenvalue weighted by atomic mass is 32.1. The summed E-state index contributed by atoms with van der Waals surface area (Å²) < 4.78 is 4.70. The fourth-order valence-corrected chi connectivity index (χ4v) is 9.01. The molecule has 0 aliphatic rings. The number of nitrogens with zero attached hydrogens (tertiary/aromatic N) is 3. The Balaban J connectivity index is 1.26. The molecule has 3 nitrogen and oxygen atoms in total. The molecule has 2 heterocycles. The number of benzene rings is 7. The van der Waals surface area contributed by atoms with Gasteiger partial charge in [0.25, 0.3) is 0 Å². The van der Waals surface area contributed by atoms with Gasteiger partial charge in [-0.15, -0.1) is 22.7 Å². The Hall–Kier alpha value is -6.55. The van der Waals surface area contributed by atoms with Gasteiger partial charge in [0.05, 0.1) is 34.9 Å². The number of nitriles is 3. The van der Waals surface area contributed by atoms with Crippen molar-refractivity contribution >= 4 is 63.0 Å². The summed E-state index contributed by atoms with van der Waals surface area (Å²) in [6, 6.07) is 54.8. The average molecular weight is 670 g/mol. The van der Waals surface area contributed by atoms with Crippen molar-refractivity contribution in [2.24, 2.45) is 0 Å². The molecule has 0 saturated carbocycles. The normalized spacial score (nSPS) is 11.1. The maximum absolute atomic E-state index is 9.82. The Kier molecular flexibility index (Phi) is 7.01. The fourth-order valence-electron chi connectivity index (χ4n) is 6.88. The number of thiophene rings is 2. The zero-order valence-electron chi connectivity index (χ0n) is 26.4. The second-order valence-electron chi connectivity index (χ2n) is 12.3. The maximum atomic E-state index is 9.82. The van der Waals surface area contributed by atoms with Gasteiger partial charge in [0.15, 0.2) is 0 Å². The molecule has 0 spiro atoms. The molecular formula is C45H23N3S2. The highest BCUT2D eigenvalue weighted by Crippen LogP contribution is 2.41. The van der Waals surface area contributed by atoms with Crippen LogP contribution in [0.5, 0.6) is 0 Å². The first-order chi connectivity index (χ1) is 24.6. The molecule has 0 aliphatic carbocycles. The van der Waals surface area contributed by atoms with Gasteiger partial charge in [0.1, 0.15) is 0 Å². The molecule has 5 heteroatoms. The minimum Gasteiger partial charge on any atom is -0.192 e. The van der Waals surface area contributed by atoms with Gasteiger partial charge < -0.3 is 0 Å². The Morgan fingerprint density at radius 2 is 0.780 bits per heavy atom. The van der Waals surface area contributed by atoms with Crippen LogP contribution >= 0.6 is 22.7 Å². The summed E-state index contributed by atoms with van der Waals surface area (Å²) in [6.45, 7) is 0. The van der Waals surface area contributed by atoms with Crippen molar-refractivity contribution < 1.29 is 0 Å². The van der Waals surface area contributed by atoms with E-state index < -0.39 is 0 Å². The van der Waals surface area contributed by atoms with Crippen LogP contribution in [-0.2, 0) is 0 Å². The van der Waals surface area contributed by atoms with E-state index in [9.17, 15) is 15.8 Å². The SMILES string of the molecule is N#Cc1ccc2sc3ccc(-c4cc(-c5cccc(-c6ccccc6C#N)c5)cc(-c5ccc6sc7ccc(C#N)cc7c6c5)c4)cc3c2c1. The lowest BCUT2D eigenvalue weighted by Gasteiger charge is -2.13. The molecule has 9 rings (SSSR count). The minimum absolute atomic E-state index is 0.644. The first kappa shape index (κ1) is 29.6. The third-order valence-electron chi connectivity index (χ3n) is 9.35. The minimum atomic E-state index is 0.644. The van der Waals surface area contributed by atoms with Gasteiger partial charge in [-0.05, 0) is 136 Å². The van der Waals surface area contributed by atoms with Crippen molar-refractivity contribution in [1.82, 2.24) is 0 Å². The highest BCUT2D eigenvalue weighted by molar-refractivity contribution is 7.26. The van der Waals surface area contributed by atoms with Crippen LogP contribution < -0.4 is 0 Å². The summed E-state index contributed by atoms with van der Waals surface area (Å²) in [4.78, 5) is 0. The molecule has 0 N–H and O–H groups in total. The van der Waals surface area contributed by atoms with Gasteiger partial charge in [-0.2, -0.15) is 15.8 Å². The van der Waals surface area contributed by atoms with Crippen LogP contribution in [0.3, 0.4) is 0 Å². The zero-order chi connectivity index (χ0) is 33.8. The molecular weight excluding hydrogens is 647 g/mol. The molecule has 0 unspecified atom stereocenters. The van der Waals surface area contributed by atoms with Crippen molar-refractivity contribution in [3.63, 3.8) is 0 Å².